The van der Waals surface area contributed by atoms with Gasteiger partial charge in [-0.2, -0.15) is 11.3 Å². The minimum atomic E-state index is -0.0481. The Morgan fingerprint density at radius 3 is 2.81 bits per heavy atom. The van der Waals surface area contributed by atoms with Gasteiger partial charge < -0.3 is 10.2 Å². The molecular weight excluding hydrogens is 356 g/mol. The van der Waals surface area contributed by atoms with Gasteiger partial charge in [0.05, 0.1) is 5.56 Å². The maximum atomic E-state index is 12.7. The summed E-state index contributed by atoms with van der Waals surface area (Å²) in [5.41, 5.74) is 1.47. The number of hydrogen-bond donors (Lipinski definition) is 1. The number of benzene rings is 2. The van der Waals surface area contributed by atoms with E-state index in [9.17, 15) is 9.59 Å². The summed E-state index contributed by atoms with van der Waals surface area (Å²) in [6.45, 7) is 2.09. The summed E-state index contributed by atoms with van der Waals surface area (Å²) < 4.78 is 0. The average Bonchev–Trinajstić information content (AvgIpc) is 3.26. The monoisotopic (exact) mass is 378 g/mol. The van der Waals surface area contributed by atoms with Crippen LogP contribution < -0.4 is 5.32 Å². The van der Waals surface area contributed by atoms with Crippen LogP contribution in [0, 0.1) is 5.92 Å². The van der Waals surface area contributed by atoms with Gasteiger partial charge in [0.2, 0.25) is 0 Å². The van der Waals surface area contributed by atoms with Gasteiger partial charge in [-0.3, -0.25) is 9.59 Å². The molecule has 0 aliphatic carbocycles. The number of amides is 2. The van der Waals surface area contributed by atoms with Gasteiger partial charge >= 0.3 is 0 Å². The fourth-order valence-electron chi connectivity index (χ4n) is 3.74. The van der Waals surface area contributed by atoms with Crippen LogP contribution in [0.15, 0.2) is 59.3 Å². The van der Waals surface area contributed by atoms with Crippen LogP contribution in [0.25, 0.3) is 10.8 Å². The van der Waals surface area contributed by atoms with E-state index in [4.69, 9.17) is 0 Å². The molecule has 0 bridgehead atoms. The van der Waals surface area contributed by atoms with Crippen molar-refractivity contribution in [2.75, 3.05) is 19.6 Å². The number of piperidine rings is 1. The van der Waals surface area contributed by atoms with Gasteiger partial charge in [0, 0.05) is 30.6 Å². The largest absolute Gasteiger partial charge is 0.352 e. The summed E-state index contributed by atoms with van der Waals surface area (Å²) in [5, 5.41) is 8.94. The Morgan fingerprint density at radius 1 is 1.11 bits per heavy atom. The van der Waals surface area contributed by atoms with E-state index >= 15 is 0 Å². The second-order valence-electron chi connectivity index (χ2n) is 7.01. The van der Waals surface area contributed by atoms with Crippen LogP contribution in [-0.2, 0) is 0 Å². The molecule has 5 heteroatoms. The van der Waals surface area contributed by atoms with Crippen LogP contribution in [0.2, 0.25) is 0 Å². The van der Waals surface area contributed by atoms with Crippen molar-refractivity contribution in [3.8, 4) is 0 Å². The highest BCUT2D eigenvalue weighted by atomic mass is 32.1. The highest BCUT2D eigenvalue weighted by Crippen LogP contribution is 2.21. The maximum Gasteiger partial charge on any atom is 0.254 e. The number of likely N-dealkylation sites (tertiary alicyclic amines) is 1. The zero-order valence-corrected chi connectivity index (χ0v) is 15.9. The normalized spacial score (nSPS) is 17.0. The molecule has 1 saturated heterocycles. The first kappa shape index (κ1) is 17.7. The Bertz CT molecular complexity index is 947. The molecule has 0 unspecified atom stereocenters. The van der Waals surface area contributed by atoms with Gasteiger partial charge in [-0.15, -0.1) is 0 Å². The Labute approximate surface area is 162 Å². The van der Waals surface area contributed by atoms with Crippen LogP contribution in [0.5, 0.6) is 0 Å². The molecule has 1 aliphatic heterocycles. The third kappa shape index (κ3) is 3.88. The zero-order valence-electron chi connectivity index (χ0n) is 15.1. The minimum absolute atomic E-state index is 0.0481. The maximum absolute atomic E-state index is 12.7. The van der Waals surface area contributed by atoms with Crippen LogP contribution in [-0.4, -0.2) is 36.3 Å². The van der Waals surface area contributed by atoms with Crippen molar-refractivity contribution in [1.29, 1.82) is 0 Å². The van der Waals surface area contributed by atoms with Crippen LogP contribution in [0.1, 0.15) is 33.6 Å². The first-order valence-corrected chi connectivity index (χ1v) is 10.2. The second kappa shape index (κ2) is 7.92. The molecule has 0 saturated carbocycles. The molecule has 0 spiro atoms. The van der Waals surface area contributed by atoms with E-state index in [1.165, 1.54) is 0 Å². The summed E-state index contributed by atoms with van der Waals surface area (Å²) >= 11 is 1.54. The lowest BCUT2D eigenvalue weighted by atomic mass is 9.97. The van der Waals surface area contributed by atoms with Crippen LogP contribution >= 0.6 is 11.3 Å². The Hall–Kier alpha value is -2.66. The second-order valence-corrected chi connectivity index (χ2v) is 7.79. The van der Waals surface area contributed by atoms with Crippen molar-refractivity contribution in [3.05, 3.63) is 70.4 Å². The molecule has 1 N–H and O–H groups in total. The van der Waals surface area contributed by atoms with Gasteiger partial charge in [-0.1, -0.05) is 36.4 Å². The fraction of sp³-hybridized carbons (Fsp3) is 0.273. The SMILES string of the molecule is O=C(NC[C@H]1CCCN(C(=O)c2ccsc2)C1)c1cccc2ccccc12. The number of thiophene rings is 1. The lowest BCUT2D eigenvalue weighted by Crippen LogP contribution is -2.43. The molecule has 1 aliphatic rings. The first-order chi connectivity index (χ1) is 13.2. The molecule has 0 radical (unpaired) electrons. The average molecular weight is 378 g/mol. The molecule has 2 amide bonds. The van der Waals surface area contributed by atoms with Crippen molar-refractivity contribution in [2.45, 2.75) is 12.8 Å². The summed E-state index contributed by atoms with van der Waals surface area (Å²) in [4.78, 5) is 27.2. The predicted octanol–water partition coefficient (Wildman–Crippen LogP) is 4.18. The highest BCUT2D eigenvalue weighted by molar-refractivity contribution is 7.08. The smallest absolute Gasteiger partial charge is 0.254 e. The molecule has 138 valence electrons. The number of fused-ring (bicyclic) bond motifs is 1. The number of carbonyl (C=O) groups excluding carboxylic acids is 2. The minimum Gasteiger partial charge on any atom is -0.352 e. The lowest BCUT2D eigenvalue weighted by molar-refractivity contribution is 0.0671. The molecule has 27 heavy (non-hydrogen) atoms. The summed E-state index contributed by atoms with van der Waals surface area (Å²) in [5.74, 6) is 0.342. The predicted molar refractivity (Wildman–Crippen MR) is 109 cm³/mol. The van der Waals surface area contributed by atoms with Gasteiger partial charge in [0.25, 0.3) is 11.8 Å². The van der Waals surface area contributed by atoms with E-state index in [-0.39, 0.29) is 11.8 Å². The van der Waals surface area contributed by atoms with Gasteiger partial charge in [-0.05, 0) is 47.0 Å². The van der Waals surface area contributed by atoms with Crippen molar-refractivity contribution in [3.63, 3.8) is 0 Å². The van der Waals surface area contributed by atoms with Crippen molar-refractivity contribution < 1.29 is 9.59 Å². The van der Waals surface area contributed by atoms with Gasteiger partial charge in [-0.25, -0.2) is 0 Å². The van der Waals surface area contributed by atoms with Gasteiger partial charge in [0.1, 0.15) is 0 Å². The molecular formula is C22H22N2O2S. The number of nitrogens with one attached hydrogen (secondary N) is 1. The van der Waals surface area contributed by atoms with E-state index in [0.717, 1.165) is 35.7 Å². The molecule has 1 fully saturated rings. The molecule has 3 aromatic rings. The van der Waals surface area contributed by atoms with Crippen molar-refractivity contribution in [1.82, 2.24) is 10.2 Å². The zero-order chi connectivity index (χ0) is 18.6. The van der Waals surface area contributed by atoms with E-state index in [1.54, 1.807) is 11.3 Å². The molecule has 2 aromatic carbocycles. The summed E-state index contributed by atoms with van der Waals surface area (Å²) in [6, 6.07) is 15.6. The van der Waals surface area contributed by atoms with E-state index in [1.807, 2.05) is 64.2 Å². The topological polar surface area (TPSA) is 49.4 Å². The molecule has 4 nitrogen and oxygen atoms in total. The Balaban J connectivity index is 1.39. The molecule has 1 aromatic heterocycles. The standard InChI is InChI=1S/C22H22N2O2S/c25-21(20-9-3-7-17-6-1-2-8-19(17)20)23-13-16-5-4-11-24(14-16)22(26)18-10-12-27-15-18/h1-3,6-10,12,15-16H,4-5,11,13-14H2,(H,23,25)/t16-/m1/s1. The molecule has 4 rings (SSSR count). The van der Waals surface area contributed by atoms with Crippen LogP contribution in [0.4, 0.5) is 0 Å². The lowest BCUT2D eigenvalue weighted by Gasteiger charge is -2.32. The number of hydrogen-bond acceptors (Lipinski definition) is 3. The number of nitrogens with zero attached hydrogens (tertiary/aromatic N) is 1. The van der Waals surface area contributed by atoms with E-state index < -0.39 is 0 Å². The summed E-state index contributed by atoms with van der Waals surface area (Å²) in [7, 11) is 0. The quantitative estimate of drug-likeness (QED) is 0.740. The third-order valence-electron chi connectivity index (χ3n) is 5.16. The van der Waals surface area contributed by atoms with E-state index in [2.05, 4.69) is 5.32 Å². The fourth-order valence-corrected chi connectivity index (χ4v) is 4.37. The number of rotatable bonds is 4. The Kier molecular flexibility index (Phi) is 5.21. The van der Waals surface area contributed by atoms with Crippen molar-refractivity contribution in [2.24, 2.45) is 5.92 Å². The Morgan fingerprint density at radius 2 is 1.96 bits per heavy atom. The highest BCUT2D eigenvalue weighted by Gasteiger charge is 2.25. The molecule has 2 heterocycles. The van der Waals surface area contributed by atoms with Gasteiger partial charge in [0.15, 0.2) is 0 Å². The van der Waals surface area contributed by atoms with E-state index in [0.29, 0.717) is 24.6 Å². The first-order valence-electron chi connectivity index (χ1n) is 9.30. The van der Waals surface area contributed by atoms with Crippen molar-refractivity contribution >= 4 is 33.9 Å². The number of carbonyl (C=O) groups is 2. The summed E-state index contributed by atoms with van der Waals surface area (Å²) in [6.07, 6.45) is 2.01. The molecule has 1 atom stereocenters. The van der Waals surface area contributed by atoms with Crippen LogP contribution in [0.3, 0.4) is 0 Å². The third-order valence-corrected chi connectivity index (χ3v) is 5.84.